The molecule has 15 heavy (non-hydrogen) atoms. The fraction of sp³-hybridized carbons (Fsp3) is 0.556. The van der Waals surface area contributed by atoms with Gasteiger partial charge in [0.2, 0.25) is 0 Å². The van der Waals surface area contributed by atoms with E-state index in [2.05, 4.69) is 9.88 Å². The van der Waals surface area contributed by atoms with Gasteiger partial charge in [-0.3, -0.25) is 5.41 Å². The molecule has 0 unspecified atom stereocenters. The highest BCUT2D eigenvalue weighted by molar-refractivity contribution is 5.37. The van der Waals surface area contributed by atoms with Crippen LogP contribution in [0.3, 0.4) is 0 Å². The van der Waals surface area contributed by atoms with Gasteiger partial charge in [-0.05, 0) is 6.92 Å². The van der Waals surface area contributed by atoms with Gasteiger partial charge in [-0.1, -0.05) is 0 Å². The van der Waals surface area contributed by atoms with Gasteiger partial charge in [0.1, 0.15) is 11.6 Å². The zero-order valence-corrected chi connectivity index (χ0v) is 8.60. The lowest BCUT2D eigenvalue weighted by Crippen LogP contribution is -2.38. The molecule has 2 heterocycles. The molecule has 1 aromatic heterocycles. The number of hydrogen-bond donors (Lipinski definition) is 2. The molecule has 1 saturated heterocycles. The zero-order chi connectivity index (χ0) is 10.8. The van der Waals surface area contributed by atoms with Gasteiger partial charge < -0.3 is 14.8 Å². The van der Waals surface area contributed by atoms with Crippen LogP contribution >= 0.6 is 0 Å². The Bertz CT molecular complexity index is 409. The monoisotopic (exact) mass is 210 g/mol. The van der Waals surface area contributed by atoms with Gasteiger partial charge in [0.05, 0.1) is 13.2 Å². The van der Waals surface area contributed by atoms with Crippen molar-refractivity contribution in [2.24, 2.45) is 0 Å². The predicted molar refractivity (Wildman–Crippen MR) is 53.0 cm³/mol. The molecule has 0 atom stereocenters. The molecule has 0 aromatic carbocycles. The number of aryl methyl sites for hydroxylation is 1. The first-order chi connectivity index (χ1) is 7.18. The van der Waals surface area contributed by atoms with Crippen LogP contribution in [0.1, 0.15) is 5.82 Å². The molecular formula is C9H14N4O2. The van der Waals surface area contributed by atoms with E-state index in [0.717, 1.165) is 23.6 Å². The van der Waals surface area contributed by atoms with Crippen LogP contribution in [0.15, 0.2) is 6.07 Å². The SMILES string of the molecule is Cc1nc(N2CCOCC2)cc(=N)n1O. The lowest BCUT2D eigenvalue weighted by molar-refractivity contribution is 0.122. The smallest absolute Gasteiger partial charge is 0.166 e. The third kappa shape index (κ3) is 1.94. The Morgan fingerprint density at radius 1 is 1.47 bits per heavy atom. The minimum Gasteiger partial charge on any atom is -0.425 e. The fourth-order valence-corrected chi connectivity index (χ4v) is 1.56. The molecule has 0 radical (unpaired) electrons. The maximum Gasteiger partial charge on any atom is 0.166 e. The molecule has 1 fully saturated rings. The highest BCUT2D eigenvalue weighted by atomic mass is 16.5. The van der Waals surface area contributed by atoms with Crippen LogP contribution in [0.4, 0.5) is 5.82 Å². The van der Waals surface area contributed by atoms with Crippen LogP contribution in [-0.2, 0) is 4.74 Å². The second kappa shape index (κ2) is 3.90. The van der Waals surface area contributed by atoms with Crippen molar-refractivity contribution in [3.63, 3.8) is 0 Å². The Morgan fingerprint density at radius 2 is 2.13 bits per heavy atom. The van der Waals surface area contributed by atoms with Gasteiger partial charge in [0, 0.05) is 19.2 Å². The first-order valence-corrected chi connectivity index (χ1v) is 4.86. The van der Waals surface area contributed by atoms with E-state index in [0.29, 0.717) is 19.0 Å². The van der Waals surface area contributed by atoms with Crippen LogP contribution in [0.5, 0.6) is 0 Å². The molecule has 0 saturated carbocycles. The average Bonchev–Trinajstić information content (AvgIpc) is 2.26. The van der Waals surface area contributed by atoms with Gasteiger partial charge in [-0.15, -0.1) is 0 Å². The van der Waals surface area contributed by atoms with E-state index in [9.17, 15) is 5.21 Å². The van der Waals surface area contributed by atoms with Gasteiger partial charge in [0.15, 0.2) is 5.49 Å². The second-order valence-electron chi connectivity index (χ2n) is 3.46. The van der Waals surface area contributed by atoms with Gasteiger partial charge >= 0.3 is 0 Å². The predicted octanol–water partition coefficient (Wildman–Crippen LogP) is -0.255. The molecule has 6 heteroatoms. The summed E-state index contributed by atoms with van der Waals surface area (Å²) in [5, 5.41) is 16.9. The molecular weight excluding hydrogens is 196 g/mol. The maximum absolute atomic E-state index is 9.35. The lowest BCUT2D eigenvalue weighted by atomic mass is 10.4. The summed E-state index contributed by atoms with van der Waals surface area (Å²) in [7, 11) is 0. The van der Waals surface area contributed by atoms with E-state index < -0.39 is 0 Å². The van der Waals surface area contributed by atoms with E-state index in [1.165, 1.54) is 0 Å². The highest BCUT2D eigenvalue weighted by Gasteiger charge is 2.13. The number of nitrogens with zero attached hydrogens (tertiary/aromatic N) is 3. The van der Waals surface area contributed by atoms with Crippen molar-refractivity contribution in [3.8, 4) is 0 Å². The Kier molecular flexibility index (Phi) is 2.59. The number of aromatic nitrogens is 2. The molecule has 1 aromatic rings. The Hall–Kier alpha value is -1.56. The topological polar surface area (TPSA) is 74.4 Å². The highest BCUT2D eigenvalue weighted by Crippen LogP contribution is 2.10. The molecule has 6 nitrogen and oxygen atoms in total. The van der Waals surface area contributed by atoms with Crippen LogP contribution in [0.25, 0.3) is 0 Å². The van der Waals surface area contributed by atoms with E-state index in [-0.39, 0.29) is 5.49 Å². The summed E-state index contributed by atoms with van der Waals surface area (Å²) in [5.74, 6) is 1.15. The van der Waals surface area contributed by atoms with Crippen molar-refractivity contribution in [1.29, 1.82) is 5.41 Å². The first-order valence-electron chi connectivity index (χ1n) is 4.86. The summed E-state index contributed by atoms with van der Waals surface area (Å²) in [5.41, 5.74) is 0.0454. The molecule has 82 valence electrons. The van der Waals surface area contributed by atoms with Gasteiger partial charge in [0.25, 0.3) is 0 Å². The molecule has 2 rings (SSSR count). The molecule has 1 aliphatic heterocycles. The summed E-state index contributed by atoms with van der Waals surface area (Å²) in [4.78, 5) is 6.27. The van der Waals surface area contributed by atoms with Crippen molar-refractivity contribution in [3.05, 3.63) is 17.4 Å². The van der Waals surface area contributed by atoms with Crippen molar-refractivity contribution in [1.82, 2.24) is 9.71 Å². The van der Waals surface area contributed by atoms with Crippen molar-refractivity contribution in [2.45, 2.75) is 6.92 Å². The van der Waals surface area contributed by atoms with Gasteiger partial charge in [-0.25, -0.2) is 4.98 Å². The minimum absolute atomic E-state index is 0.0454. The third-order valence-electron chi connectivity index (χ3n) is 2.41. The lowest BCUT2D eigenvalue weighted by Gasteiger charge is -2.28. The molecule has 2 N–H and O–H groups in total. The van der Waals surface area contributed by atoms with E-state index in [1.807, 2.05) is 0 Å². The van der Waals surface area contributed by atoms with Crippen LogP contribution in [0.2, 0.25) is 0 Å². The maximum atomic E-state index is 9.35. The Labute approximate surface area is 87.2 Å². The summed E-state index contributed by atoms with van der Waals surface area (Å²) in [6.45, 7) is 4.59. The molecule has 1 aliphatic rings. The molecule has 0 spiro atoms. The average molecular weight is 210 g/mol. The number of anilines is 1. The molecule has 0 amide bonds. The van der Waals surface area contributed by atoms with E-state index in [1.54, 1.807) is 13.0 Å². The standard InChI is InChI=1S/C9H14N4O2/c1-7-11-9(6-8(10)13(7)14)12-2-4-15-5-3-12/h6,10,14H,2-5H2,1H3. The third-order valence-corrected chi connectivity index (χ3v) is 2.41. The summed E-state index contributed by atoms with van der Waals surface area (Å²) in [6.07, 6.45) is 0. The summed E-state index contributed by atoms with van der Waals surface area (Å²) >= 11 is 0. The largest absolute Gasteiger partial charge is 0.425 e. The number of morpholine rings is 1. The van der Waals surface area contributed by atoms with Gasteiger partial charge in [-0.2, -0.15) is 4.73 Å². The summed E-state index contributed by atoms with van der Waals surface area (Å²) in [6, 6.07) is 1.55. The number of ether oxygens (including phenoxy) is 1. The Morgan fingerprint density at radius 3 is 2.73 bits per heavy atom. The van der Waals surface area contributed by atoms with Crippen molar-refractivity contribution < 1.29 is 9.94 Å². The molecule has 0 bridgehead atoms. The van der Waals surface area contributed by atoms with Crippen LogP contribution in [-0.4, -0.2) is 41.2 Å². The first kappa shape index (κ1) is 9.97. The number of hydrogen-bond acceptors (Lipinski definition) is 5. The van der Waals surface area contributed by atoms with Crippen molar-refractivity contribution >= 4 is 5.82 Å². The Balaban J connectivity index is 2.32. The zero-order valence-electron chi connectivity index (χ0n) is 8.60. The normalized spacial score (nSPS) is 16.7. The second-order valence-corrected chi connectivity index (χ2v) is 3.46. The van der Waals surface area contributed by atoms with Crippen LogP contribution in [0, 0.1) is 12.3 Å². The van der Waals surface area contributed by atoms with E-state index in [4.69, 9.17) is 10.1 Å². The quantitative estimate of drug-likeness (QED) is 0.626. The molecule has 0 aliphatic carbocycles. The number of rotatable bonds is 1. The van der Waals surface area contributed by atoms with E-state index >= 15 is 0 Å². The minimum atomic E-state index is 0.0454. The van der Waals surface area contributed by atoms with Crippen LogP contribution < -0.4 is 10.4 Å². The fourth-order valence-electron chi connectivity index (χ4n) is 1.56. The summed E-state index contributed by atoms with van der Waals surface area (Å²) < 4.78 is 6.00. The van der Waals surface area contributed by atoms with Crippen molar-refractivity contribution in [2.75, 3.05) is 31.2 Å². The number of nitrogens with one attached hydrogen (secondary N) is 1.